The van der Waals surface area contributed by atoms with Crippen molar-refractivity contribution in [1.29, 1.82) is 0 Å². The molecule has 24 nitrogen and oxygen atoms in total. The summed E-state index contributed by atoms with van der Waals surface area (Å²) in [6.07, 6.45) is 2.08. The predicted molar refractivity (Wildman–Crippen MR) is 374 cm³/mol. The Kier molecular flexibility index (Phi) is 28.5. The Morgan fingerprint density at radius 2 is 0.950 bits per heavy atom. The van der Waals surface area contributed by atoms with E-state index in [2.05, 4.69) is 31.3 Å². The molecule has 0 bridgehead atoms. The Hall–Kier alpha value is -8.51. The molecule has 540 valence electrons. The molecular weight excluding hydrogens is 1330 g/mol. The molecule has 12 atom stereocenters. The maximum atomic E-state index is 13.7. The maximum absolute atomic E-state index is 13.7. The first kappa shape index (κ1) is 78.8. The highest BCUT2D eigenvalue weighted by Gasteiger charge is 2.50. The molecule has 0 unspecified atom stereocenters. The van der Waals surface area contributed by atoms with Crippen molar-refractivity contribution in [1.82, 2.24) is 21.3 Å². The van der Waals surface area contributed by atoms with Gasteiger partial charge in [-0.25, -0.2) is 9.59 Å². The second-order valence-electron chi connectivity index (χ2n) is 27.8. The molecule has 2 saturated heterocycles. The third-order valence-electron chi connectivity index (χ3n) is 17.7. The van der Waals surface area contributed by atoms with E-state index < -0.39 is 94.8 Å². The molecule has 0 aliphatic carbocycles. The summed E-state index contributed by atoms with van der Waals surface area (Å²) in [6.45, 7) is 18.4. The Labute approximate surface area is 594 Å². The molecule has 0 radical (unpaired) electrons. The van der Waals surface area contributed by atoms with Gasteiger partial charge in [0.1, 0.15) is 48.0 Å². The van der Waals surface area contributed by atoms with E-state index in [1.54, 1.807) is 76.2 Å². The van der Waals surface area contributed by atoms with Gasteiger partial charge in [-0.15, -0.1) is 0 Å². The second-order valence-corrected chi connectivity index (χ2v) is 28.6. The Bertz CT molecular complexity index is 3650. The fraction of sp³-hybridized carbons (Fsp3) is 0.514. The van der Waals surface area contributed by atoms with Crippen LogP contribution in [0.4, 0.5) is 0 Å². The van der Waals surface area contributed by atoms with E-state index in [0.29, 0.717) is 39.2 Å². The molecule has 4 amide bonds. The minimum absolute atomic E-state index is 0.00610. The third kappa shape index (κ3) is 22.8. The average Bonchev–Trinajstić information content (AvgIpc) is 1.62. The van der Waals surface area contributed by atoms with Crippen molar-refractivity contribution in [2.24, 2.45) is 45.3 Å². The molecule has 4 aromatic rings. The molecular formula is C74H94Cl2N8O16. The number of ether oxygens (including phenoxy) is 8. The average molecular weight is 1420 g/mol. The largest absolute Gasteiger partial charge is 0.495 e. The normalized spacial score (nSPS) is 25.8. The van der Waals surface area contributed by atoms with E-state index in [0.717, 1.165) is 22.3 Å². The molecule has 4 aliphatic heterocycles. The topological polar surface area (TPSA) is 340 Å². The minimum atomic E-state index is -1.22. The van der Waals surface area contributed by atoms with Crippen LogP contribution < -0.4 is 36.5 Å². The lowest BCUT2D eigenvalue weighted by molar-refractivity contribution is -0.179. The Morgan fingerprint density at radius 3 is 1.30 bits per heavy atom. The standard InChI is InChI=1S/C37H46ClN5O8.C37H48ClN3O8/c1-21(2)16-30-35(46)49-28(22(3)32-33(51-32)25-13-10-23(11-14-25)19-41-43-39)8-7-9-31(44)42-27(18-24-12-15-29(48-6)26(38)17-24)34(45)40-20-37(4,5)36(47)50-30;1-21(2)16-30-35(44)47-28(22(3)32-33(49-32)25-13-10-23(19-39)11-14-25)8-7-9-31(42)41-27(18-24-12-15-29(46-6)26(38)17-24)34(43)40-20-37(4,5)36(45)48-30/h7,9-15,17,21-22,27-28,30,32-33H,8,16,18-20H2,1-6H3,(H,40,45)(H,42,44);7,9-15,17,21-22,27-28,30,32-33H,8,16,18-20,39H2,1-6H3,(H,40,43)(H,41,42)/b2*9-7+/t2*22-,27+,28-,30-,32-,33-/m00/s1. The number of amides is 4. The van der Waals surface area contributed by atoms with E-state index in [1.807, 2.05) is 90.1 Å². The monoisotopic (exact) mass is 1420 g/mol. The van der Waals surface area contributed by atoms with E-state index >= 15 is 0 Å². The number of hydrogen-bond acceptors (Lipinski definition) is 18. The van der Waals surface area contributed by atoms with Gasteiger partial charge in [-0.2, -0.15) is 0 Å². The molecule has 8 rings (SSSR count). The zero-order chi connectivity index (χ0) is 73.2. The number of benzene rings is 4. The van der Waals surface area contributed by atoms with Crippen molar-refractivity contribution in [2.75, 3.05) is 27.3 Å². The zero-order valence-electron chi connectivity index (χ0n) is 58.8. The molecule has 2 fully saturated rings. The van der Waals surface area contributed by atoms with Gasteiger partial charge in [0.25, 0.3) is 0 Å². The van der Waals surface area contributed by atoms with Crippen LogP contribution in [0.5, 0.6) is 11.5 Å². The van der Waals surface area contributed by atoms with Gasteiger partial charge in [0.15, 0.2) is 12.2 Å². The number of nitrogens with one attached hydrogen (secondary N) is 4. The van der Waals surface area contributed by atoms with E-state index in [4.69, 9.17) is 72.4 Å². The summed E-state index contributed by atoms with van der Waals surface area (Å²) in [6, 6.07) is 23.6. The number of hydrogen-bond donors (Lipinski definition) is 5. The van der Waals surface area contributed by atoms with Crippen LogP contribution in [0.2, 0.25) is 10.0 Å². The first-order chi connectivity index (χ1) is 47.4. The number of nitrogens with zero attached hydrogens (tertiary/aromatic N) is 3. The number of carbonyl (C=O) groups excluding carboxylic acids is 8. The summed E-state index contributed by atoms with van der Waals surface area (Å²) >= 11 is 12.6. The lowest BCUT2D eigenvalue weighted by Gasteiger charge is -2.29. The van der Waals surface area contributed by atoms with Crippen LogP contribution >= 0.6 is 23.2 Å². The lowest BCUT2D eigenvalue weighted by Crippen LogP contribution is -2.51. The summed E-state index contributed by atoms with van der Waals surface area (Å²) in [5, 5.41) is 15.4. The van der Waals surface area contributed by atoms with Crippen LogP contribution in [-0.4, -0.2) is 124 Å². The van der Waals surface area contributed by atoms with E-state index in [1.165, 1.54) is 26.4 Å². The molecule has 6 N–H and O–H groups in total. The summed E-state index contributed by atoms with van der Waals surface area (Å²) in [4.78, 5) is 110. The predicted octanol–water partition coefficient (Wildman–Crippen LogP) is 10.5. The molecule has 0 aromatic heterocycles. The lowest BCUT2D eigenvalue weighted by atomic mass is 9.92. The molecule has 4 heterocycles. The van der Waals surface area contributed by atoms with Crippen molar-refractivity contribution in [2.45, 2.75) is 182 Å². The number of esters is 4. The second kappa shape index (κ2) is 36.2. The molecule has 4 aromatic carbocycles. The zero-order valence-corrected chi connectivity index (χ0v) is 60.3. The number of cyclic esters (lactones) is 4. The van der Waals surface area contributed by atoms with Crippen LogP contribution in [0.15, 0.2) is 114 Å². The van der Waals surface area contributed by atoms with Gasteiger partial charge in [-0.1, -0.05) is 143 Å². The van der Waals surface area contributed by atoms with Crippen molar-refractivity contribution < 1.29 is 76.3 Å². The van der Waals surface area contributed by atoms with Gasteiger partial charge in [0.05, 0.1) is 53.8 Å². The van der Waals surface area contributed by atoms with Gasteiger partial charge in [0, 0.05) is 62.1 Å². The molecule has 26 heteroatoms. The van der Waals surface area contributed by atoms with Crippen molar-refractivity contribution in [3.63, 3.8) is 0 Å². The maximum Gasteiger partial charge on any atom is 0.347 e. The number of rotatable bonds is 19. The fourth-order valence-corrected chi connectivity index (χ4v) is 12.0. The molecule has 4 aliphatic rings. The number of halogens is 2. The highest BCUT2D eigenvalue weighted by molar-refractivity contribution is 6.32. The summed E-state index contributed by atoms with van der Waals surface area (Å²) in [5.41, 5.74) is 17.1. The number of epoxide rings is 2. The SMILES string of the molecule is COc1ccc(C[C@H]2NC(=O)/C=C/C[C@@H]([C@H](C)[C@@H]3O[C@H]3c3ccc(CN)cc3)OC(=O)[C@H](CC(C)C)OC(=O)C(C)(C)CNC2=O)cc1Cl.COc1ccc(C[C@H]2NC(=O)/C=C/C[C@@H]([C@H](C)[C@@H]3O[C@H]3c3ccc(CN=[N+]=[N-])cc3)OC(=O)[C@H](CC(C)C)OC(=O)C(C)(C)CNC2=O)cc1Cl. The summed E-state index contributed by atoms with van der Waals surface area (Å²) in [7, 11) is 3.00. The first-order valence-electron chi connectivity index (χ1n) is 33.6. The van der Waals surface area contributed by atoms with Crippen molar-refractivity contribution >= 4 is 70.7 Å². The van der Waals surface area contributed by atoms with Crippen LogP contribution in [0.25, 0.3) is 10.4 Å². The number of nitrogens with two attached hydrogens (primary N) is 1. The van der Waals surface area contributed by atoms with Gasteiger partial charge in [-0.3, -0.25) is 28.8 Å². The van der Waals surface area contributed by atoms with Crippen molar-refractivity contribution in [3.8, 4) is 11.5 Å². The summed E-state index contributed by atoms with van der Waals surface area (Å²) < 4.78 is 46.3. The van der Waals surface area contributed by atoms with E-state index in [-0.39, 0.29) is 106 Å². The van der Waals surface area contributed by atoms with Gasteiger partial charge in [0.2, 0.25) is 23.6 Å². The van der Waals surface area contributed by atoms with Crippen LogP contribution in [0, 0.1) is 34.5 Å². The number of methoxy groups -OCH3 is 2. The molecule has 100 heavy (non-hydrogen) atoms. The Morgan fingerprint density at radius 1 is 0.570 bits per heavy atom. The van der Waals surface area contributed by atoms with Gasteiger partial charge < -0.3 is 64.9 Å². The van der Waals surface area contributed by atoms with Crippen molar-refractivity contribution in [3.05, 3.63) is 163 Å². The highest BCUT2D eigenvalue weighted by atomic mass is 35.5. The Balaban J connectivity index is 0.000000281. The smallest absolute Gasteiger partial charge is 0.347 e. The molecule has 0 spiro atoms. The molecule has 0 saturated carbocycles. The first-order valence-corrected chi connectivity index (χ1v) is 34.4. The fourth-order valence-electron chi connectivity index (χ4n) is 11.4. The van der Waals surface area contributed by atoms with Crippen LogP contribution in [-0.2, 0) is 92.7 Å². The highest BCUT2D eigenvalue weighted by Crippen LogP contribution is 2.47. The van der Waals surface area contributed by atoms with Gasteiger partial charge >= 0.3 is 23.9 Å². The van der Waals surface area contributed by atoms with Gasteiger partial charge in [-0.05, 0) is 128 Å². The summed E-state index contributed by atoms with van der Waals surface area (Å²) in [5.74, 6) is -4.41. The minimum Gasteiger partial charge on any atom is -0.495 e. The van der Waals surface area contributed by atoms with Crippen LogP contribution in [0.3, 0.4) is 0 Å². The number of carbonyl (C=O) groups is 8. The quantitative estimate of drug-likeness (QED) is 0.0145. The van der Waals surface area contributed by atoms with E-state index in [9.17, 15) is 38.4 Å². The van der Waals surface area contributed by atoms with Crippen LogP contribution in [0.1, 0.15) is 141 Å². The third-order valence-corrected chi connectivity index (χ3v) is 18.3. The number of azide groups is 1.